The molecule has 4 nitrogen and oxygen atoms in total. The first kappa shape index (κ1) is 12.0. The second kappa shape index (κ2) is 6.45. The second-order valence-electron chi connectivity index (χ2n) is 4.21. The molecule has 0 aromatic heterocycles. The van der Waals surface area contributed by atoms with Crippen molar-refractivity contribution in [2.45, 2.75) is 25.7 Å². The molecule has 1 aliphatic carbocycles. The second-order valence-corrected chi connectivity index (χ2v) is 4.21. The molecule has 1 aliphatic rings. The molecule has 15 heavy (non-hydrogen) atoms. The monoisotopic (exact) mass is 211 g/mol. The Morgan fingerprint density at radius 1 is 1.40 bits per heavy atom. The van der Waals surface area contributed by atoms with Crippen LogP contribution in [0, 0.1) is 0 Å². The Balaban J connectivity index is 2.10. The van der Waals surface area contributed by atoms with Gasteiger partial charge in [-0.1, -0.05) is 5.57 Å². The normalized spacial score (nSPS) is 15.5. The number of nitrogens with zero attached hydrogens (tertiary/aromatic N) is 1. The molecule has 1 saturated carbocycles. The third kappa shape index (κ3) is 5.42. The molecule has 0 aromatic carbocycles. The minimum atomic E-state index is -0.101. The molecular weight excluding hydrogens is 190 g/mol. The van der Waals surface area contributed by atoms with E-state index in [1.165, 1.54) is 18.4 Å². The molecule has 4 heteroatoms. The van der Waals surface area contributed by atoms with Gasteiger partial charge in [-0.05, 0) is 39.8 Å². The summed E-state index contributed by atoms with van der Waals surface area (Å²) in [7, 11) is 3.97. The Kier molecular flexibility index (Phi) is 5.18. The summed E-state index contributed by atoms with van der Waals surface area (Å²) in [5.74, 6) is 0. The summed E-state index contributed by atoms with van der Waals surface area (Å²) >= 11 is 0. The maximum atomic E-state index is 11.3. The topological polar surface area (TPSA) is 44.4 Å². The number of likely N-dealkylation sites (N-methyl/N-ethyl adjacent to an activating group) is 1. The molecule has 0 radical (unpaired) electrons. The fourth-order valence-corrected chi connectivity index (χ4v) is 1.59. The lowest BCUT2D eigenvalue weighted by Gasteiger charge is -2.10. The van der Waals surface area contributed by atoms with E-state index in [0.717, 1.165) is 19.4 Å². The van der Waals surface area contributed by atoms with Crippen LogP contribution in [0.2, 0.25) is 0 Å². The number of hydrogen-bond donors (Lipinski definition) is 2. The highest BCUT2D eigenvalue weighted by atomic mass is 16.2. The van der Waals surface area contributed by atoms with Crippen LogP contribution in [0.15, 0.2) is 11.8 Å². The summed E-state index contributed by atoms with van der Waals surface area (Å²) in [5.41, 5.74) is 1.36. The number of rotatable bonds is 4. The van der Waals surface area contributed by atoms with Crippen LogP contribution >= 0.6 is 0 Å². The van der Waals surface area contributed by atoms with Crippen molar-refractivity contribution >= 4 is 6.03 Å². The highest BCUT2D eigenvalue weighted by Crippen LogP contribution is 2.22. The highest BCUT2D eigenvalue weighted by Gasteiger charge is 2.06. The van der Waals surface area contributed by atoms with E-state index in [-0.39, 0.29) is 6.03 Å². The Morgan fingerprint density at radius 2 is 2.07 bits per heavy atom. The molecule has 2 N–H and O–H groups in total. The van der Waals surface area contributed by atoms with Crippen molar-refractivity contribution in [1.29, 1.82) is 0 Å². The van der Waals surface area contributed by atoms with Crippen LogP contribution in [0.25, 0.3) is 0 Å². The third-order valence-electron chi connectivity index (χ3n) is 2.50. The minimum Gasteiger partial charge on any atom is -0.337 e. The maximum Gasteiger partial charge on any atom is 0.318 e. The molecule has 86 valence electrons. The van der Waals surface area contributed by atoms with Gasteiger partial charge in [0.2, 0.25) is 0 Å². The first-order valence-corrected chi connectivity index (χ1v) is 5.55. The number of carbonyl (C=O) groups excluding carboxylic acids is 1. The number of carbonyl (C=O) groups is 1. The van der Waals surface area contributed by atoms with E-state index in [0.29, 0.717) is 6.54 Å². The van der Waals surface area contributed by atoms with Crippen molar-refractivity contribution in [2.75, 3.05) is 27.2 Å². The lowest BCUT2D eigenvalue weighted by atomic mass is 10.2. The van der Waals surface area contributed by atoms with Gasteiger partial charge < -0.3 is 15.5 Å². The van der Waals surface area contributed by atoms with Crippen molar-refractivity contribution in [3.05, 3.63) is 11.8 Å². The van der Waals surface area contributed by atoms with Crippen LogP contribution in [0.5, 0.6) is 0 Å². The number of urea groups is 1. The van der Waals surface area contributed by atoms with Gasteiger partial charge in [0.05, 0.1) is 0 Å². The van der Waals surface area contributed by atoms with E-state index < -0.39 is 0 Å². The van der Waals surface area contributed by atoms with E-state index in [4.69, 9.17) is 0 Å². The summed E-state index contributed by atoms with van der Waals surface area (Å²) < 4.78 is 0. The fourth-order valence-electron chi connectivity index (χ4n) is 1.59. The zero-order valence-electron chi connectivity index (χ0n) is 9.68. The first-order valence-electron chi connectivity index (χ1n) is 5.55. The summed E-state index contributed by atoms with van der Waals surface area (Å²) in [5, 5.41) is 5.57. The zero-order valence-corrected chi connectivity index (χ0v) is 9.68. The SMILES string of the molecule is CN(C)CCNC(=O)NC=C1CCCC1. The fraction of sp³-hybridized carbons (Fsp3) is 0.727. The van der Waals surface area contributed by atoms with E-state index in [9.17, 15) is 4.79 Å². The van der Waals surface area contributed by atoms with Crippen LogP contribution in [0.3, 0.4) is 0 Å². The van der Waals surface area contributed by atoms with Gasteiger partial charge >= 0.3 is 6.03 Å². The average molecular weight is 211 g/mol. The highest BCUT2D eigenvalue weighted by molar-refractivity contribution is 5.74. The predicted octanol–water partition coefficient (Wildman–Crippen LogP) is 1.31. The van der Waals surface area contributed by atoms with E-state index in [2.05, 4.69) is 10.6 Å². The summed E-state index contributed by atoms with van der Waals surface area (Å²) in [4.78, 5) is 13.3. The van der Waals surface area contributed by atoms with Gasteiger partial charge in [-0.25, -0.2) is 4.79 Å². The van der Waals surface area contributed by atoms with Crippen molar-refractivity contribution in [3.8, 4) is 0 Å². The average Bonchev–Trinajstić information content (AvgIpc) is 2.66. The first-order chi connectivity index (χ1) is 7.18. The summed E-state index contributed by atoms with van der Waals surface area (Å²) in [6, 6.07) is -0.101. The van der Waals surface area contributed by atoms with Crippen molar-refractivity contribution in [3.63, 3.8) is 0 Å². The largest absolute Gasteiger partial charge is 0.337 e. The van der Waals surface area contributed by atoms with E-state index in [1.807, 2.05) is 25.2 Å². The predicted molar refractivity (Wildman–Crippen MR) is 61.6 cm³/mol. The molecule has 2 amide bonds. The van der Waals surface area contributed by atoms with Gasteiger partial charge in [0.15, 0.2) is 0 Å². The molecule has 1 fully saturated rings. The van der Waals surface area contributed by atoms with Gasteiger partial charge in [0.1, 0.15) is 0 Å². The standard InChI is InChI=1S/C11H21N3O/c1-14(2)8-7-12-11(15)13-9-10-5-3-4-6-10/h9H,3-8H2,1-2H3,(H2,12,13,15). The summed E-state index contributed by atoms with van der Waals surface area (Å²) in [6.07, 6.45) is 6.65. The van der Waals surface area contributed by atoms with Crippen molar-refractivity contribution < 1.29 is 4.79 Å². The van der Waals surface area contributed by atoms with Gasteiger partial charge in [-0.2, -0.15) is 0 Å². The number of nitrogens with one attached hydrogen (secondary N) is 2. The van der Waals surface area contributed by atoms with E-state index >= 15 is 0 Å². The summed E-state index contributed by atoms with van der Waals surface area (Å²) in [6.45, 7) is 1.55. The molecule has 1 rings (SSSR count). The van der Waals surface area contributed by atoms with Crippen LogP contribution in [0.1, 0.15) is 25.7 Å². The Labute approximate surface area is 91.7 Å². The molecule has 0 spiro atoms. The Hall–Kier alpha value is -1.03. The van der Waals surface area contributed by atoms with Crippen molar-refractivity contribution in [1.82, 2.24) is 15.5 Å². The Bertz CT molecular complexity index is 228. The van der Waals surface area contributed by atoms with Crippen LogP contribution in [0.4, 0.5) is 4.79 Å². The smallest absolute Gasteiger partial charge is 0.318 e. The lowest BCUT2D eigenvalue weighted by Crippen LogP contribution is -2.36. The third-order valence-corrected chi connectivity index (χ3v) is 2.50. The molecule has 0 bridgehead atoms. The van der Waals surface area contributed by atoms with Gasteiger partial charge in [-0.3, -0.25) is 0 Å². The zero-order chi connectivity index (χ0) is 11.1. The number of amides is 2. The van der Waals surface area contributed by atoms with Gasteiger partial charge in [0, 0.05) is 19.3 Å². The van der Waals surface area contributed by atoms with Crippen LogP contribution < -0.4 is 10.6 Å². The minimum absolute atomic E-state index is 0.101. The molecule has 0 saturated heterocycles. The number of allylic oxidation sites excluding steroid dienone is 1. The molecular formula is C11H21N3O. The quantitative estimate of drug-likeness (QED) is 0.736. The molecule has 0 aromatic rings. The van der Waals surface area contributed by atoms with Gasteiger partial charge in [-0.15, -0.1) is 0 Å². The Morgan fingerprint density at radius 3 is 2.67 bits per heavy atom. The van der Waals surface area contributed by atoms with Gasteiger partial charge in [0.25, 0.3) is 0 Å². The maximum absolute atomic E-state index is 11.3. The van der Waals surface area contributed by atoms with Crippen LogP contribution in [-0.2, 0) is 0 Å². The molecule has 0 heterocycles. The molecule has 0 aliphatic heterocycles. The van der Waals surface area contributed by atoms with Crippen molar-refractivity contribution in [2.24, 2.45) is 0 Å². The molecule has 0 unspecified atom stereocenters. The van der Waals surface area contributed by atoms with Crippen LogP contribution in [-0.4, -0.2) is 38.1 Å². The van der Waals surface area contributed by atoms with E-state index in [1.54, 1.807) is 0 Å². The number of hydrogen-bond acceptors (Lipinski definition) is 2. The lowest BCUT2D eigenvalue weighted by molar-refractivity contribution is 0.242. The molecule has 0 atom stereocenters.